The summed E-state index contributed by atoms with van der Waals surface area (Å²) in [6, 6.07) is 0. The second-order valence-corrected chi connectivity index (χ2v) is 1.76. The first kappa shape index (κ1) is 7.54. The van der Waals surface area contributed by atoms with Crippen LogP contribution >= 0.6 is 0 Å². The summed E-state index contributed by atoms with van der Waals surface area (Å²) >= 11 is 0. The minimum atomic E-state index is 0. The van der Waals surface area contributed by atoms with Crippen LogP contribution in [0.25, 0.3) is 0 Å². The van der Waals surface area contributed by atoms with Crippen LogP contribution in [-0.4, -0.2) is 23.9 Å². The molecule has 0 aliphatic heterocycles. The summed E-state index contributed by atoms with van der Waals surface area (Å²) in [5.41, 5.74) is 0. The Labute approximate surface area is 61.9 Å². The van der Waals surface area contributed by atoms with Gasteiger partial charge in [0.2, 0.25) is 0 Å². The molecule has 2 radical (unpaired) electrons. The molecule has 1 rings (SSSR count). The van der Waals surface area contributed by atoms with Gasteiger partial charge in [0.05, 0.1) is 0 Å². The van der Waals surface area contributed by atoms with Crippen LogP contribution in [0.1, 0.15) is 25.7 Å². The van der Waals surface area contributed by atoms with E-state index in [1.807, 2.05) is 0 Å². The van der Waals surface area contributed by atoms with Crippen LogP contribution in [0.2, 0.25) is 0 Å². The summed E-state index contributed by atoms with van der Waals surface area (Å²) < 4.78 is 0. The van der Waals surface area contributed by atoms with Crippen molar-refractivity contribution in [1.82, 2.24) is 0 Å². The van der Waals surface area contributed by atoms with Crippen molar-refractivity contribution in [1.29, 1.82) is 0 Å². The zero-order chi connectivity index (χ0) is 4.24. The molecular weight excluding hydrogens is 191 g/mol. The first-order chi connectivity index (χ1) is 3.00. The first-order valence-corrected chi connectivity index (χ1v) is 2.65. The van der Waals surface area contributed by atoms with Gasteiger partial charge in [-0.3, -0.25) is 0 Å². The van der Waals surface area contributed by atoms with E-state index in [2.05, 4.69) is 12.2 Å². The number of hydrogen-bond acceptors (Lipinski definition) is 0. The third-order valence-corrected chi connectivity index (χ3v) is 1.16. The predicted molar refractivity (Wildman–Crippen MR) is 36.2 cm³/mol. The molecular formula is C6H12Sn. The van der Waals surface area contributed by atoms with Gasteiger partial charge in [-0.15, -0.1) is 0 Å². The summed E-state index contributed by atoms with van der Waals surface area (Å²) in [6.07, 6.45) is 10.0. The zero-order valence-corrected chi connectivity index (χ0v) is 8.73. The van der Waals surface area contributed by atoms with E-state index in [0.29, 0.717) is 0 Å². The van der Waals surface area contributed by atoms with Crippen molar-refractivity contribution in [3.8, 4) is 0 Å². The summed E-state index contributed by atoms with van der Waals surface area (Å²) in [5, 5.41) is 0. The fraction of sp³-hybridized carbons (Fsp3) is 0.667. The number of rotatable bonds is 0. The molecule has 1 aliphatic rings. The van der Waals surface area contributed by atoms with Crippen molar-refractivity contribution in [2.24, 2.45) is 0 Å². The van der Waals surface area contributed by atoms with Gasteiger partial charge in [-0.1, -0.05) is 12.2 Å². The molecule has 0 spiro atoms. The summed E-state index contributed by atoms with van der Waals surface area (Å²) in [6.45, 7) is 0. The summed E-state index contributed by atoms with van der Waals surface area (Å²) in [5.74, 6) is 0. The van der Waals surface area contributed by atoms with Gasteiger partial charge in [0.25, 0.3) is 0 Å². The Hall–Kier alpha value is 0.539. The fourth-order valence-electron chi connectivity index (χ4n) is 0.760. The fourth-order valence-corrected chi connectivity index (χ4v) is 0.760. The molecule has 0 aromatic heterocycles. The van der Waals surface area contributed by atoms with Crippen molar-refractivity contribution in [2.45, 2.75) is 25.7 Å². The molecule has 1 aliphatic carbocycles. The van der Waals surface area contributed by atoms with Gasteiger partial charge < -0.3 is 0 Å². The van der Waals surface area contributed by atoms with E-state index in [4.69, 9.17) is 0 Å². The molecule has 0 aromatic carbocycles. The standard InChI is InChI=1S/C6H10.Sn.2H/c1-2-4-6-5-3-1;;;/h1-2H,3-6H2;;;. The van der Waals surface area contributed by atoms with Gasteiger partial charge in [-0.2, -0.15) is 0 Å². The maximum absolute atomic E-state index is 2.27. The second kappa shape index (κ2) is 4.69. The van der Waals surface area contributed by atoms with Crippen LogP contribution < -0.4 is 0 Å². The molecule has 0 atom stereocenters. The molecule has 0 unspecified atom stereocenters. The van der Waals surface area contributed by atoms with Crippen molar-refractivity contribution >= 4 is 23.9 Å². The monoisotopic (exact) mass is 204 g/mol. The van der Waals surface area contributed by atoms with Crippen molar-refractivity contribution in [3.05, 3.63) is 12.2 Å². The van der Waals surface area contributed by atoms with E-state index in [1.54, 1.807) is 0 Å². The van der Waals surface area contributed by atoms with E-state index < -0.39 is 0 Å². The third kappa shape index (κ3) is 3.15. The summed E-state index contributed by atoms with van der Waals surface area (Å²) in [4.78, 5) is 0. The third-order valence-electron chi connectivity index (χ3n) is 1.16. The Morgan fingerprint density at radius 3 is 1.43 bits per heavy atom. The molecule has 0 saturated carbocycles. The van der Waals surface area contributed by atoms with Crippen molar-refractivity contribution < 1.29 is 0 Å². The molecule has 0 aromatic rings. The van der Waals surface area contributed by atoms with Crippen molar-refractivity contribution in [3.63, 3.8) is 0 Å². The average Bonchev–Trinajstić information content (AvgIpc) is 1.72. The quantitative estimate of drug-likeness (QED) is 0.409. The first-order valence-electron chi connectivity index (χ1n) is 2.65. The van der Waals surface area contributed by atoms with Crippen LogP contribution in [0.3, 0.4) is 0 Å². The number of allylic oxidation sites excluding steroid dienone is 2. The normalized spacial score (nSPS) is 18.3. The van der Waals surface area contributed by atoms with Crippen molar-refractivity contribution in [2.75, 3.05) is 0 Å². The number of hydrogen-bond donors (Lipinski definition) is 0. The Bertz CT molecular complexity index is 49.2. The molecule has 0 bridgehead atoms. The molecule has 0 heterocycles. The van der Waals surface area contributed by atoms with Crippen LogP contribution in [0, 0.1) is 0 Å². The van der Waals surface area contributed by atoms with Crippen LogP contribution in [0.15, 0.2) is 12.2 Å². The molecule has 0 amide bonds. The topological polar surface area (TPSA) is 0 Å². The van der Waals surface area contributed by atoms with Crippen LogP contribution in [0.5, 0.6) is 0 Å². The van der Waals surface area contributed by atoms with E-state index >= 15 is 0 Å². The Morgan fingerprint density at radius 1 is 0.857 bits per heavy atom. The van der Waals surface area contributed by atoms with Gasteiger partial charge in [0.1, 0.15) is 0 Å². The Kier molecular flexibility index (Phi) is 5.05. The van der Waals surface area contributed by atoms with Crippen LogP contribution in [-0.2, 0) is 0 Å². The minimum absolute atomic E-state index is 0. The van der Waals surface area contributed by atoms with E-state index in [1.165, 1.54) is 25.7 Å². The van der Waals surface area contributed by atoms with Gasteiger partial charge in [0.15, 0.2) is 0 Å². The molecule has 0 saturated heterocycles. The maximum atomic E-state index is 2.27. The molecule has 1 heteroatoms. The molecule has 40 valence electrons. The Morgan fingerprint density at radius 2 is 1.29 bits per heavy atom. The molecule has 7 heavy (non-hydrogen) atoms. The van der Waals surface area contributed by atoms with E-state index in [9.17, 15) is 0 Å². The van der Waals surface area contributed by atoms with Gasteiger partial charge in [-0.25, -0.2) is 0 Å². The van der Waals surface area contributed by atoms with E-state index in [0.717, 1.165) is 0 Å². The average molecular weight is 203 g/mol. The molecule has 0 fully saturated rings. The second-order valence-electron chi connectivity index (χ2n) is 1.76. The predicted octanol–water partition coefficient (Wildman–Crippen LogP) is 1.20. The van der Waals surface area contributed by atoms with Gasteiger partial charge in [-0.05, 0) is 25.7 Å². The van der Waals surface area contributed by atoms with Gasteiger partial charge >= 0.3 is 23.9 Å². The van der Waals surface area contributed by atoms with Gasteiger partial charge in [0, 0.05) is 0 Å². The van der Waals surface area contributed by atoms with E-state index in [-0.39, 0.29) is 23.9 Å². The van der Waals surface area contributed by atoms with Crippen LogP contribution in [0.4, 0.5) is 0 Å². The SMILES string of the molecule is C1=CCCCC1.[SnH2]. The molecule has 0 nitrogen and oxygen atoms in total. The summed E-state index contributed by atoms with van der Waals surface area (Å²) in [7, 11) is 0. The zero-order valence-electron chi connectivity index (χ0n) is 4.69. The Balaban J connectivity index is 0.000000360. The molecule has 0 N–H and O–H groups in total.